The largest absolute Gasteiger partial charge is 0.376 e. The first-order chi connectivity index (χ1) is 9.74. The van der Waals surface area contributed by atoms with E-state index < -0.39 is 0 Å². The number of nitrogens with zero attached hydrogens (tertiary/aromatic N) is 1. The van der Waals surface area contributed by atoms with Gasteiger partial charge in [0.25, 0.3) is 0 Å². The highest BCUT2D eigenvalue weighted by molar-refractivity contribution is 6.03. The number of ether oxygens (including phenoxy) is 1. The number of imide groups is 1. The van der Waals surface area contributed by atoms with Crippen LogP contribution in [-0.2, 0) is 20.7 Å². The molecule has 0 saturated carbocycles. The third kappa shape index (κ3) is 2.75. The minimum absolute atomic E-state index is 0.0330. The van der Waals surface area contributed by atoms with Crippen LogP contribution in [0.5, 0.6) is 0 Å². The molecule has 2 amide bonds. The van der Waals surface area contributed by atoms with Gasteiger partial charge in [-0.25, -0.2) is 0 Å². The number of likely N-dealkylation sites (tertiary alicyclic amines) is 1. The van der Waals surface area contributed by atoms with Crippen molar-refractivity contribution in [3.05, 3.63) is 35.9 Å². The van der Waals surface area contributed by atoms with Crippen LogP contribution in [0, 0.1) is 5.92 Å². The molecule has 0 spiro atoms. The fourth-order valence-corrected chi connectivity index (χ4v) is 2.99. The molecular weight excluding hydrogens is 254 g/mol. The molecule has 2 fully saturated rings. The zero-order valence-corrected chi connectivity index (χ0v) is 11.5. The number of hydrogen-bond donors (Lipinski definition) is 0. The van der Waals surface area contributed by atoms with E-state index in [2.05, 4.69) is 0 Å². The van der Waals surface area contributed by atoms with Crippen molar-refractivity contribution >= 4 is 11.8 Å². The summed E-state index contributed by atoms with van der Waals surface area (Å²) in [4.78, 5) is 25.8. The first-order valence-electron chi connectivity index (χ1n) is 7.24. The minimum Gasteiger partial charge on any atom is -0.376 e. The van der Waals surface area contributed by atoms with Crippen LogP contribution in [-0.4, -0.2) is 36.0 Å². The fourth-order valence-electron chi connectivity index (χ4n) is 2.99. The predicted octanol–water partition coefficient (Wildman–Crippen LogP) is 1.78. The van der Waals surface area contributed by atoms with Crippen molar-refractivity contribution in [1.29, 1.82) is 0 Å². The summed E-state index contributed by atoms with van der Waals surface area (Å²) in [5.74, 6) is -0.285. The van der Waals surface area contributed by atoms with Crippen molar-refractivity contribution < 1.29 is 14.3 Å². The van der Waals surface area contributed by atoms with Gasteiger partial charge in [0.05, 0.1) is 18.6 Å². The van der Waals surface area contributed by atoms with Crippen LogP contribution < -0.4 is 0 Å². The lowest BCUT2D eigenvalue weighted by atomic mass is 9.98. The second-order valence-electron chi connectivity index (χ2n) is 5.57. The molecule has 2 atom stereocenters. The van der Waals surface area contributed by atoms with E-state index in [-0.39, 0.29) is 23.8 Å². The Morgan fingerprint density at radius 2 is 2.00 bits per heavy atom. The lowest BCUT2D eigenvalue weighted by Gasteiger charge is -2.18. The quantitative estimate of drug-likeness (QED) is 0.786. The number of carbonyl (C=O) groups excluding carboxylic acids is 2. The molecule has 0 aromatic heterocycles. The maximum absolute atomic E-state index is 12.4. The Balaban J connectivity index is 1.64. The smallest absolute Gasteiger partial charge is 0.233 e. The molecule has 0 bridgehead atoms. The van der Waals surface area contributed by atoms with Crippen LogP contribution >= 0.6 is 0 Å². The highest BCUT2D eigenvalue weighted by Gasteiger charge is 2.39. The van der Waals surface area contributed by atoms with E-state index in [1.54, 1.807) is 0 Å². The maximum atomic E-state index is 12.4. The zero-order chi connectivity index (χ0) is 13.9. The van der Waals surface area contributed by atoms with Gasteiger partial charge in [-0.15, -0.1) is 0 Å². The van der Waals surface area contributed by atoms with Crippen LogP contribution in [0.2, 0.25) is 0 Å². The molecule has 1 aromatic carbocycles. The Labute approximate surface area is 118 Å². The molecule has 2 unspecified atom stereocenters. The number of amides is 2. The normalized spacial score (nSPS) is 26.5. The van der Waals surface area contributed by atoms with E-state index in [1.807, 2.05) is 30.3 Å². The van der Waals surface area contributed by atoms with Crippen molar-refractivity contribution in [1.82, 2.24) is 4.90 Å². The third-order valence-electron chi connectivity index (χ3n) is 4.07. The molecule has 106 valence electrons. The summed E-state index contributed by atoms with van der Waals surface area (Å²) in [5.41, 5.74) is 1.11. The molecule has 0 radical (unpaired) electrons. The van der Waals surface area contributed by atoms with Crippen molar-refractivity contribution in [2.24, 2.45) is 5.92 Å². The summed E-state index contributed by atoms with van der Waals surface area (Å²) < 4.78 is 5.52. The average Bonchev–Trinajstić information content (AvgIpc) is 3.05. The Morgan fingerprint density at radius 3 is 2.70 bits per heavy atom. The predicted molar refractivity (Wildman–Crippen MR) is 73.9 cm³/mol. The van der Waals surface area contributed by atoms with Gasteiger partial charge >= 0.3 is 0 Å². The Kier molecular flexibility index (Phi) is 3.83. The van der Waals surface area contributed by atoms with Gasteiger partial charge in [0.15, 0.2) is 0 Å². The van der Waals surface area contributed by atoms with E-state index in [9.17, 15) is 9.59 Å². The molecule has 20 heavy (non-hydrogen) atoms. The topological polar surface area (TPSA) is 46.6 Å². The van der Waals surface area contributed by atoms with Gasteiger partial charge in [-0.05, 0) is 24.8 Å². The molecule has 3 rings (SSSR count). The van der Waals surface area contributed by atoms with Gasteiger partial charge < -0.3 is 4.74 Å². The number of benzene rings is 1. The lowest BCUT2D eigenvalue weighted by Crippen LogP contribution is -2.37. The van der Waals surface area contributed by atoms with Crippen LogP contribution in [0.15, 0.2) is 30.3 Å². The molecule has 2 saturated heterocycles. The Hall–Kier alpha value is -1.68. The standard InChI is InChI=1S/C16H19NO3/c18-15-10-13(9-12-5-2-1-3-6-12)16(19)17(15)11-14-7-4-8-20-14/h1-3,5-6,13-14H,4,7-11H2. The summed E-state index contributed by atoms with van der Waals surface area (Å²) in [7, 11) is 0. The fraction of sp³-hybridized carbons (Fsp3) is 0.500. The van der Waals surface area contributed by atoms with Gasteiger partial charge in [-0.3, -0.25) is 14.5 Å². The molecule has 2 heterocycles. The highest BCUT2D eigenvalue weighted by atomic mass is 16.5. The second kappa shape index (κ2) is 5.75. The number of hydrogen-bond acceptors (Lipinski definition) is 3. The first-order valence-corrected chi connectivity index (χ1v) is 7.24. The van der Waals surface area contributed by atoms with E-state index in [1.165, 1.54) is 4.90 Å². The van der Waals surface area contributed by atoms with Crippen LogP contribution in [0.3, 0.4) is 0 Å². The molecule has 0 aliphatic carbocycles. The molecule has 4 heteroatoms. The molecule has 0 N–H and O–H groups in total. The minimum atomic E-state index is -0.202. The van der Waals surface area contributed by atoms with Crippen molar-refractivity contribution in [2.75, 3.05) is 13.2 Å². The van der Waals surface area contributed by atoms with Gasteiger partial charge in [0, 0.05) is 13.0 Å². The molecule has 2 aliphatic heterocycles. The van der Waals surface area contributed by atoms with Gasteiger partial charge in [-0.2, -0.15) is 0 Å². The van der Waals surface area contributed by atoms with Crippen LogP contribution in [0.25, 0.3) is 0 Å². The SMILES string of the molecule is O=C1CC(Cc2ccccc2)C(=O)N1CC1CCCO1. The molecular formula is C16H19NO3. The molecule has 1 aromatic rings. The van der Waals surface area contributed by atoms with Gasteiger partial charge in [-0.1, -0.05) is 30.3 Å². The van der Waals surface area contributed by atoms with Crippen molar-refractivity contribution in [3.8, 4) is 0 Å². The monoisotopic (exact) mass is 273 g/mol. The van der Waals surface area contributed by atoms with Crippen molar-refractivity contribution in [2.45, 2.75) is 31.8 Å². The Bertz CT molecular complexity index is 494. The van der Waals surface area contributed by atoms with E-state index >= 15 is 0 Å². The lowest BCUT2D eigenvalue weighted by molar-refractivity contribution is -0.141. The van der Waals surface area contributed by atoms with Crippen molar-refractivity contribution in [3.63, 3.8) is 0 Å². The van der Waals surface area contributed by atoms with Gasteiger partial charge in [0.1, 0.15) is 0 Å². The van der Waals surface area contributed by atoms with E-state index in [4.69, 9.17) is 4.74 Å². The Morgan fingerprint density at radius 1 is 1.20 bits per heavy atom. The van der Waals surface area contributed by atoms with Crippen LogP contribution in [0.1, 0.15) is 24.8 Å². The average molecular weight is 273 g/mol. The maximum Gasteiger partial charge on any atom is 0.233 e. The van der Waals surface area contributed by atoms with Gasteiger partial charge in [0.2, 0.25) is 11.8 Å². The summed E-state index contributed by atoms with van der Waals surface area (Å²) in [6.45, 7) is 1.18. The molecule has 2 aliphatic rings. The van der Waals surface area contributed by atoms with Crippen LogP contribution in [0.4, 0.5) is 0 Å². The molecule has 4 nitrogen and oxygen atoms in total. The van der Waals surface area contributed by atoms with E-state index in [0.29, 0.717) is 19.4 Å². The second-order valence-corrected chi connectivity index (χ2v) is 5.57. The van der Waals surface area contributed by atoms with E-state index in [0.717, 1.165) is 25.0 Å². The number of rotatable bonds is 4. The summed E-state index contributed by atoms with van der Waals surface area (Å²) in [5, 5.41) is 0. The summed E-state index contributed by atoms with van der Waals surface area (Å²) >= 11 is 0. The third-order valence-corrected chi connectivity index (χ3v) is 4.07. The summed E-state index contributed by atoms with van der Waals surface area (Å²) in [6, 6.07) is 9.87. The number of carbonyl (C=O) groups is 2. The highest BCUT2D eigenvalue weighted by Crippen LogP contribution is 2.25. The summed E-state index contributed by atoms with van der Waals surface area (Å²) in [6.07, 6.45) is 2.99. The first kappa shape index (κ1) is 13.3. The zero-order valence-electron chi connectivity index (χ0n) is 11.5.